The van der Waals surface area contributed by atoms with Gasteiger partial charge >= 0.3 is 0 Å². The Labute approximate surface area is 61.5 Å². The van der Waals surface area contributed by atoms with Crippen LogP contribution in [0.1, 0.15) is 13.3 Å². The van der Waals surface area contributed by atoms with Crippen molar-refractivity contribution in [2.24, 2.45) is 0 Å². The molecule has 0 fully saturated rings. The van der Waals surface area contributed by atoms with Gasteiger partial charge in [-0.15, -0.1) is 12.3 Å². The van der Waals surface area contributed by atoms with Gasteiger partial charge in [-0.05, 0) is 6.92 Å². The van der Waals surface area contributed by atoms with Crippen LogP contribution in [0.2, 0.25) is 0 Å². The van der Waals surface area contributed by atoms with Crippen LogP contribution in [0.3, 0.4) is 0 Å². The molecule has 0 aromatic heterocycles. The zero-order chi connectivity index (χ0) is 8.04. The molecule has 0 bridgehead atoms. The van der Waals surface area contributed by atoms with Crippen LogP contribution in [-0.2, 0) is 14.3 Å². The predicted molar refractivity (Wildman–Crippen MR) is 38.9 cm³/mol. The monoisotopic (exact) mass is 162 g/mol. The van der Waals surface area contributed by atoms with Gasteiger partial charge in [-0.1, -0.05) is 0 Å². The SMILES string of the molecule is C#CCCOS(=O)(=O)CC. The molecular weight excluding hydrogens is 152 g/mol. The van der Waals surface area contributed by atoms with E-state index in [2.05, 4.69) is 10.1 Å². The highest BCUT2D eigenvalue weighted by molar-refractivity contribution is 7.86. The molecule has 0 aliphatic rings. The van der Waals surface area contributed by atoms with E-state index in [-0.39, 0.29) is 12.4 Å². The minimum absolute atomic E-state index is 0.00241. The zero-order valence-electron chi connectivity index (χ0n) is 5.83. The molecule has 0 aliphatic heterocycles. The third kappa shape index (κ3) is 4.36. The van der Waals surface area contributed by atoms with E-state index in [1.807, 2.05) is 0 Å². The van der Waals surface area contributed by atoms with Crippen molar-refractivity contribution in [1.29, 1.82) is 0 Å². The lowest BCUT2D eigenvalue weighted by Gasteiger charge is -1.98. The molecule has 10 heavy (non-hydrogen) atoms. The zero-order valence-corrected chi connectivity index (χ0v) is 6.65. The Kier molecular flexibility index (Phi) is 4.08. The maximum absolute atomic E-state index is 10.6. The van der Waals surface area contributed by atoms with Crippen molar-refractivity contribution < 1.29 is 12.6 Å². The second-order valence-corrected chi connectivity index (χ2v) is 3.55. The van der Waals surface area contributed by atoms with Gasteiger partial charge in [0.25, 0.3) is 10.1 Å². The molecule has 0 saturated carbocycles. The van der Waals surface area contributed by atoms with Gasteiger partial charge in [0, 0.05) is 6.42 Å². The molecule has 0 aliphatic carbocycles. The molecule has 4 heteroatoms. The topological polar surface area (TPSA) is 43.4 Å². The van der Waals surface area contributed by atoms with Gasteiger partial charge in [-0.25, -0.2) is 0 Å². The van der Waals surface area contributed by atoms with Crippen molar-refractivity contribution in [2.45, 2.75) is 13.3 Å². The van der Waals surface area contributed by atoms with E-state index < -0.39 is 10.1 Å². The average Bonchev–Trinajstić information content (AvgIpc) is 1.89. The van der Waals surface area contributed by atoms with E-state index in [9.17, 15) is 8.42 Å². The quantitative estimate of drug-likeness (QED) is 0.341. The molecule has 0 amide bonds. The van der Waals surface area contributed by atoms with E-state index in [4.69, 9.17) is 6.42 Å². The summed E-state index contributed by atoms with van der Waals surface area (Å²) in [5, 5.41) is 0. The molecule has 0 saturated heterocycles. The number of rotatable bonds is 4. The third-order valence-corrected chi connectivity index (χ3v) is 2.10. The standard InChI is InChI=1S/C6H10O3S/c1-3-5-6-9-10(7,8)4-2/h1H,4-6H2,2H3. The molecule has 58 valence electrons. The smallest absolute Gasteiger partial charge is 0.267 e. The molecular formula is C6H10O3S. The van der Waals surface area contributed by atoms with Crippen molar-refractivity contribution in [3.63, 3.8) is 0 Å². The van der Waals surface area contributed by atoms with Crippen molar-refractivity contribution in [1.82, 2.24) is 0 Å². The first kappa shape index (κ1) is 9.47. The van der Waals surface area contributed by atoms with Gasteiger partial charge in [-0.2, -0.15) is 8.42 Å². The summed E-state index contributed by atoms with van der Waals surface area (Å²) in [6, 6.07) is 0. The van der Waals surface area contributed by atoms with Crippen LogP contribution in [0.25, 0.3) is 0 Å². The van der Waals surface area contributed by atoms with Crippen LogP contribution in [-0.4, -0.2) is 20.8 Å². The first-order chi connectivity index (χ1) is 4.62. The Morgan fingerprint density at radius 3 is 2.60 bits per heavy atom. The number of hydrogen-bond donors (Lipinski definition) is 0. The molecule has 3 nitrogen and oxygen atoms in total. The summed E-state index contributed by atoms with van der Waals surface area (Å²) in [5.74, 6) is 2.27. The van der Waals surface area contributed by atoms with Crippen LogP contribution >= 0.6 is 0 Å². The summed E-state index contributed by atoms with van der Waals surface area (Å²) >= 11 is 0. The summed E-state index contributed by atoms with van der Waals surface area (Å²) in [6.45, 7) is 1.61. The van der Waals surface area contributed by atoms with Crippen molar-refractivity contribution in [2.75, 3.05) is 12.4 Å². The van der Waals surface area contributed by atoms with E-state index in [1.54, 1.807) is 0 Å². The van der Waals surface area contributed by atoms with Gasteiger partial charge in [-0.3, -0.25) is 4.18 Å². The van der Waals surface area contributed by atoms with E-state index in [0.29, 0.717) is 6.42 Å². The number of hydrogen-bond acceptors (Lipinski definition) is 3. The highest BCUT2D eigenvalue weighted by atomic mass is 32.2. The first-order valence-electron chi connectivity index (χ1n) is 2.93. The molecule has 0 radical (unpaired) electrons. The van der Waals surface area contributed by atoms with Gasteiger partial charge < -0.3 is 0 Å². The Morgan fingerprint density at radius 1 is 1.60 bits per heavy atom. The predicted octanol–water partition coefficient (Wildman–Crippen LogP) is 0.376. The van der Waals surface area contributed by atoms with Crippen LogP contribution in [0.4, 0.5) is 0 Å². The summed E-state index contributed by atoms with van der Waals surface area (Å²) in [5.41, 5.74) is 0. The highest BCUT2D eigenvalue weighted by Crippen LogP contribution is 1.92. The maximum atomic E-state index is 10.6. The molecule has 0 rings (SSSR count). The minimum Gasteiger partial charge on any atom is -0.269 e. The van der Waals surface area contributed by atoms with E-state index in [0.717, 1.165) is 0 Å². The van der Waals surface area contributed by atoms with E-state index in [1.165, 1.54) is 6.92 Å². The van der Waals surface area contributed by atoms with E-state index >= 15 is 0 Å². The van der Waals surface area contributed by atoms with Crippen molar-refractivity contribution in [3.8, 4) is 12.3 Å². The molecule has 0 unspecified atom stereocenters. The first-order valence-corrected chi connectivity index (χ1v) is 4.50. The number of terminal acetylenes is 1. The summed E-state index contributed by atoms with van der Waals surface area (Å²) in [7, 11) is -3.29. The van der Waals surface area contributed by atoms with Gasteiger partial charge in [0.15, 0.2) is 0 Å². The molecule has 0 spiro atoms. The van der Waals surface area contributed by atoms with Crippen LogP contribution in [0.5, 0.6) is 0 Å². The summed E-state index contributed by atoms with van der Waals surface area (Å²) < 4.78 is 25.6. The summed E-state index contributed by atoms with van der Waals surface area (Å²) in [6.07, 6.45) is 5.21. The summed E-state index contributed by atoms with van der Waals surface area (Å²) in [4.78, 5) is 0. The fourth-order valence-corrected chi connectivity index (χ4v) is 0.815. The van der Waals surface area contributed by atoms with Gasteiger partial charge in [0.05, 0.1) is 12.4 Å². The Hall–Kier alpha value is -0.530. The molecule has 0 aromatic rings. The fourth-order valence-electron chi connectivity index (χ4n) is 0.311. The largest absolute Gasteiger partial charge is 0.269 e. The second-order valence-electron chi connectivity index (χ2n) is 1.62. The lowest BCUT2D eigenvalue weighted by molar-refractivity contribution is 0.327. The Bertz CT molecular complexity index is 210. The van der Waals surface area contributed by atoms with Crippen LogP contribution in [0.15, 0.2) is 0 Å². The van der Waals surface area contributed by atoms with Crippen LogP contribution in [0, 0.1) is 12.3 Å². The van der Waals surface area contributed by atoms with Crippen LogP contribution < -0.4 is 0 Å². The minimum atomic E-state index is -3.29. The Balaban J connectivity index is 3.61. The lowest BCUT2D eigenvalue weighted by Crippen LogP contribution is -2.08. The van der Waals surface area contributed by atoms with Crippen molar-refractivity contribution in [3.05, 3.63) is 0 Å². The normalized spacial score (nSPS) is 10.8. The molecule has 0 atom stereocenters. The highest BCUT2D eigenvalue weighted by Gasteiger charge is 2.04. The molecule has 0 heterocycles. The molecule has 0 aromatic carbocycles. The van der Waals surface area contributed by atoms with Gasteiger partial charge in [0.2, 0.25) is 0 Å². The fraction of sp³-hybridized carbons (Fsp3) is 0.667. The Morgan fingerprint density at radius 2 is 2.20 bits per heavy atom. The van der Waals surface area contributed by atoms with Gasteiger partial charge in [0.1, 0.15) is 0 Å². The molecule has 0 N–H and O–H groups in total. The second kappa shape index (κ2) is 4.31. The average molecular weight is 162 g/mol. The van der Waals surface area contributed by atoms with Crippen molar-refractivity contribution >= 4 is 10.1 Å². The lowest BCUT2D eigenvalue weighted by atomic mass is 10.5. The third-order valence-electron chi connectivity index (χ3n) is 0.863. The maximum Gasteiger partial charge on any atom is 0.267 e.